The zero-order chi connectivity index (χ0) is 12.3. The van der Waals surface area contributed by atoms with Crippen LogP contribution in [0.25, 0.3) is 0 Å². The van der Waals surface area contributed by atoms with Gasteiger partial charge in [-0.15, -0.1) is 0 Å². The standard InChI is InChI=1S/C13H24N2O/c1-10(13(2,3)4)15(5)9-11-6-7-16-12(11)8-14/h6-7,10H,8-9,14H2,1-5H3. The van der Waals surface area contributed by atoms with Crippen molar-refractivity contribution in [2.24, 2.45) is 11.1 Å². The van der Waals surface area contributed by atoms with Gasteiger partial charge in [0.05, 0.1) is 12.8 Å². The Labute approximate surface area is 98.6 Å². The van der Waals surface area contributed by atoms with E-state index in [1.165, 1.54) is 5.56 Å². The minimum absolute atomic E-state index is 0.279. The van der Waals surface area contributed by atoms with E-state index in [-0.39, 0.29) is 5.41 Å². The monoisotopic (exact) mass is 224 g/mol. The van der Waals surface area contributed by atoms with Gasteiger partial charge in [0.25, 0.3) is 0 Å². The third-order valence-corrected chi connectivity index (χ3v) is 3.36. The quantitative estimate of drug-likeness (QED) is 0.855. The molecule has 0 aliphatic carbocycles. The van der Waals surface area contributed by atoms with E-state index in [0.29, 0.717) is 12.6 Å². The Morgan fingerprint density at radius 1 is 1.44 bits per heavy atom. The smallest absolute Gasteiger partial charge is 0.121 e. The van der Waals surface area contributed by atoms with Gasteiger partial charge in [-0.05, 0) is 25.5 Å². The Morgan fingerprint density at radius 3 is 2.56 bits per heavy atom. The fourth-order valence-corrected chi connectivity index (χ4v) is 1.75. The number of nitrogens with zero attached hydrogens (tertiary/aromatic N) is 1. The Balaban J connectivity index is 2.68. The van der Waals surface area contributed by atoms with E-state index >= 15 is 0 Å². The minimum atomic E-state index is 0.279. The lowest BCUT2D eigenvalue weighted by Gasteiger charge is -2.35. The average molecular weight is 224 g/mol. The van der Waals surface area contributed by atoms with Crippen molar-refractivity contribution in [2.45, 2.75) is 46.8 Å². The van der Waals surface area contributed by atoms with E-state index in [1.807, 2.05) is 6.07 Å². The maximum atomic E-state index is 5.62. The van der Waals surface area contributed by atoms with Gasteiger partial charge in [-0.25, -0.2) is 0 Å². The van der Waals surface area contributed by atoms with Gasteiger partial charge in [-0.2, -0.15) is 0 Å². The molecule has 2 N–H and O–H groups in total. The van der Waals surface area contributed by atoms with Crippen molar-refractivity contribution in [1.82, 2.24) is 4.90 Å². The number of hydrogen-bond acceptors (Lipinski definition) is 3. The molecule has 1 aromatic rings. The van der Waals surface area contributed by atoms with Gasteiger partial charge in [0, 0.05) is 18.2 Å². The van der Waals surface area contributed by atoms with Gasteiger partial charge < -0.3 is 10.2 Å². The molecule has 16 heavy (non-hydrogen) atoms. The lowest BCUT2D eigenvalue weighted by molar-refractivity contribution is 0.134. The Bertz CT molecular complexity index is 325. The summed E-state index contributed by atoms with van der Waals surface area (Å²) in [5.41, 5.74) is 7.10. The van der Waals surface area contributed by atoms with Crippen LogP contribution in [-0.2, 0) is 13.1 Å². The van der Waals surface area contributed by atoms with E-state index in [4.69, 9.17) is 10.2 Å². The molecule has 0 spiro atoms. The Morgan fingerprint density at radius 2 is 2.06 bits per heavy atom. The Hall–Kier alpha value is -0.800. The summed E-state index contributed by atoms with van der Waals surface area (Å²) in [6.07, 6.45) is 1.72. The lowest BCUT2D eigenvalue weighted by Crippen LogP contribution is -2.38. The van der Waals surface area contributed by atoms with Crippen molar-refractivity contribution >= 4 is 0 Å². The predicted molar refractivity (Wildman–Crippen MR) is 67.0 cm³/mol. The van der Waals surface area contributed by atoms with Crippen LogP contribution in [0, 0.1) is 5.41 Å². The summed E-state index contributed by atoms with van der Waals surface area (Å²) in [5, 5.41) is 0. The average Bonchev–Trinajstić information content (AvgIpc) is 2.62. The first-order valence-corrected chi connectivity index (χ1v) is 5.81. The number of furan rings is 1. The highest BCUT2D eigenvalue weighted by Gasteiger charge is 2.24. The number of hydrogen-bond donors (Lipinski definition) is 1. The van der Waals surface area contributed by atoms with Crippen molar-refractivity contribution in [3.8, 4) is 0 Å². The number of nitrogens with two attached hydrogens (primary N) is 1. The molecule has 0 bridgehead atoms. The first-order chi connectivity index (χ1) is 7.36. The first kappa shape index (κ1) is 13.3. The second-order valence-corrected chi connectivity index (χ2v) is 5.53. The summed E-state index contributed by atoms with van der Waals surface area (Å²) in [6.45, 7) is 10.4. The molecule has 0 saturated heterocycles. The maximum absolute atomic E-state index is 5.62. The highest BCUT2D eigenvalue weighted by molar-refractivity contribution is 5.16. The predicted octanol–water partition coefficient (Wildman–Crippen LogP) is 2.60. The molecule has 3 heteroatoms. The van der Waals surface area contributed by atoms with E-state index < -0.39 is 0 Å². The van der Waals surface area contributed by atoms with E-state index in [9.17, 15) is 0 Å². The fraction of sp³-hybridized carbons (Fsp3) is 0.692. The van der Waals surface area contributed by atoms with Crippen LogP contribution in [0.3, 0.4) is 0 Å². The fourth-order valence-electron chi connectivity index (χ4n) is 1.75. The van der Waals surface area contributed by atoms with Crippen LogP contribution in [0.2, 0.25) is 0 Å². The maximum Gasteiger partial charge on any atom is 0.121 e. The summed E-state index contributed by atoms with van der Waals surface area (Å²) >= 11 is 0. The SMILES string of the molecule is CC(N(C)Cc1ccoc1CN)C(C)(C)C. The lowest BCUT2D eigenvalue weighted by atomic mass is 9.87. The van der Waals surface area contributed by atoms with E-state index in [1.54, 1.807) is 6.26 Å². The topological polar surface area (TPSA) is 42.4 Å². The van der Waals surface area contributed by atoms with Gasteiger partial charge in [0.1, 0.15) is 5.76 Å². The van der Waals surface area contributed by atoms with Gasteiger partial charge >= 0.3 is 0 Å². The van der Waals surface area contributed by atoms with Crippen LogP contribution >= 0.6 is 0 Å². The normalized spacial score (nSPS) is 14.4. The molecular weight excluding hydrogens is 200 g/mol. The molecule has 0 saturated carbocycles. The van der Waals surface area contributed by atoms with Gasteiger partial charge in [-0.3, -0.25) is 4.90 Å². The second kappa shape index (κ2) is 5.02. The van der Waals surface area contributed by atoms with Gasteiger partial charge in [0.15, 0.2) is 0 Å². The molecule has 92 valence electrons. The van der Waals surface area contributed by atoms with Crippen LogP contribution in [-0.4, -0.2) is 18.0 Å². The summed E-state index contributed by atoms with van der Waals surface area (Å²) in [4.78, 5) is 2.34. The third-order valence-electron chi connectivity index (χ3n) is 3.36. The van der Waals surface area contributed by atoms with Crippen LogP contribution < -0.4 is 5.73 Å². The molecular formula is C13H24N2O. The van der Waals surface area contributed by atoms with Crippen LogP contribution in [0.4, 0.5) is 0 Å². The summed E-state index contributed by atoms with van der Waals surface area (Å²) in [5.74, 6) is 0.896. The van der Waals surface area contributed by atoms with Crippen molar-refractivity contribution in [3.05, 3.63) is 23.7 Å². The first-order valence-electron chi connectivity index (χ1n) is 5.81. The van der Waals surface area contributed by atoms with Crippen molar-refractivity contribution < 1.29 is 4.42 Å². The molecule has 0 aliphatic rings. The Kier molecular flexibility index (Phi) is 4.16. The summed E-state index contributed by atoms with van der Waals surface area (Å²) < 4.78 is 5.33. The van der Waals surface area contributed by atoms with Crippen LogP contribution in [0.5, 0.6) is 0 Å². The molecule has 0 fully saturated rings. The molecule has 1 aromatic heterocycles. The van der Waals surface area contributed by atoms with Crippen LogP contribution in [0.15, 0.2) is 16.7 Å². The van der Waals surface area contributed by atoms with E-state index in [0.717, 1.165) is 12.3 Å². The molecule has 0 radical (unpaired) electrons. The molecule has 0 amide bonds. The zero-order valence-corrected chi connectivity index (χ0v) is 11.1. The van der Waals surface area contributed by atoms with Gasteiger partial charge in [-0.1, -0.05) is 20.8 Å². The second-order valence-electron chi connectivity index (χ2n) is 5.53. The largest absolute Gasteiger partial charge is 0.468 e. The zero-order valence-electron chi connectivity index (χ0n) is 11.1. The highest BCUT2D eigenvalue weighted by atomic mass is 16.3. The molecule has 1 atom stereocenters. The third kappa shape index (κ3) is 3.09. The molecule has 0 aromatic carbocycles. The molecule has 3 nitrogen and oxygen atoms in total. The van der Waals surface area contributed by atoms with Crippen LogP contribution in [0.1, 0.15) is 39.0 Å². The van der Waals surface area contributed by atoms with Crippen molar-refractivity contribution in [3.63, 3.8) is 0 Å². The molecule has 1 unspecified atom stereocenters. The highest BCUT2D eigenvalue weighted by Crippen LogP contribution is 2.24. The van der Waals surface area contributed by atoms with Crippen molar-refractivity contribution in [2.75, 3.05) is 7.05 Å². The van der Waals surface area contributed by atoms with Crippen molar-refractivity contribution in [1.29, 1.82) is 0 Å². The van der Waals surface area contributed by atoms with Gasteiger partial charge in [0.2, 0.25) is 0 Å². The molecule has 1 rings (SSSR count). The molecule has 0 aliphatic heterocycles. The minimum Gasteiger partial charge on any atom is -0.468 e. The number of rotatable bonds is 4. The summed E-state index contributed by atoms with van der Waals surface area (Å²) in [7, 11) is 2.14. The molecule has 1 heterocycles. The van der Waals surface area contributed by atoms with E-state index in [2.05, 4.69) is 39.6 Å². The summed E-state index contributed by atoms with van der Waals surface area (Å²) in [6, 6.07) is 2.52.